The molecule has 0 radical (unpaired) electrons. The van der Waals surface area contributed by atoms with E-state index in [1.807, 2.05) is 5.32 Å². The number of halogens is 4. The molecular formula is C20H19ClF3N3O4. The Morgan fingerprint density at radius 1 is 1.03 bits per heavy atom. The van der Waals surface area contributed by atoms with Crippen LogP contribution in [0.4, 0.5) is 29.3 Å². The molecule has 3 amide bonds. The van der Waals surface area contributed by atoms with Crippen molar-refractivity contribution in [2.24, 2.45) is 0 Å². The number of carbonyl (C=O) groups is 3. The van der Waals surface area contributed by atoms with Crippen LogP contribution < -0.4 is 16.0 Å². The molecule has 0 saturated heterocycles. The first-order valence-corrected chi connectivity index (χ1v) is 9.36. The molecule has 0 aliphatic rings. The maximum Gasteiger partial charge on any atom is 0.418 e. The van der Waals surface area contributed by atoms with Crippen LogP contribution in [0, 0.1) is 0 Å². The van der Waals surface area contributed by atoms with Gasteiger partial charge >= 0.3 is 18.2 Å². The van der Waals surface area contributed by atoms with Crippen LogP contribution in [0.25, 0.3) is 0 Å². The largest absolute Gasteiger partial charge is 0.452 e. The third-order valence-electron chi connectivity index (χ3n) is 3.73. The molecule has 0 aromatic heterocycles. The zero-order chi connectivity index (χ0) is 23.2. The Balaban J connectivity index is 2.06. The molecule has 0 unspecified atom stereocenters. The van der Waals surface area contributed by atoms with E-state index >= 15 is 0 Å². The third-order valence-corrected chi connectivity index (χ3v) is 4.05. The molecule has 0 saturated carbocycles. The number of hydrogen-bond acceptors (Lipinski definition) is 4. The summed E-state index contributed by atoms with van der Waals surface area (Å²) in [6.45, 7) is 2.64. The minimum Gasteiger partial charge on any atom is -0.452 e. The molecule has 0 heterocycles. The zero-order valence-corrected chi connectivity index (χ0v) is 17.2. The van der Waals surface area contributed by atoms with Crippen molar-refractivity contribution in [3.8, 4) is 0 Å². The summed E-state index contributed by atoms with van der Waals surface area (Å²) in [5.74, 6) is -1.97. The number of anilines is 2. The first kappa shape index (κ1) is 24.0. The van der Waals surface area contributed by atoms with Crippen LogP contribution >= 0.6 is 11.6 Å². The Hall–Kier alpha value is -3.27. The summed E-state index contributed by atoms with van der Waals surface area (Å²) in [6, 6.07) is 8.25. The van der Waals surface area contributed by atoms with Gasteiger partial charge in [0.2, 0.25) is 0 Å². The third kappa shape index (κ3) is 6.88. The van der Waals surface area contributed by atoms with Crippen LogP contribution in [0.1, 0.15) is 29.8 Å². The molecule has 7 nitrogen and oxygen atoms in total. The Morgan fingerprint density at radius 2 is 1.71 bits per heavy atom. The van der Waals surface area contributed by atoms with Gasteiger partial charge in [-0.1, -0.05) is 29.8 Å². The second kappa shape index (κ2) is 10.2. The van der Waals surface area contributed by atoms with Crippen LogP contribution in [0.3, 0.4) is 0 Å². The number of carbonyl (C=O) groups excluding carboxylic acids is 3. The monoisotopic (exact) mass is 457 g/mol. The molecule has 0 aliphatic heterocycles. The van der Waals surface area contributed by atoms with E-state index in [0.29, 0.717) is 0 Å². The molecule has 0 fully saturated rings. The molecule has 0 bridgehead atoms. The van der Waals surface area contributed by atoms with E-state index in [-0.39, 0.29) is 22.3 Å². The Morgan fingerprint density at radius 3 is 2.35 bits per heavy atom. The number of urea groups is 1. The molecule has 2 rings (SSSR count). The van der Waals surface area contributed by atoms with Crippen LogP contribution in [0.5, 0.6) is 0 Å². The van der Waals surface area contributed by atoms with Gasteiger partial charge in [-0.25, -0.2) is 9.59 Å². The topological polar surface area (TPSA) is 96.5 Å². The van der Waals surface area contributed by atoms with E-state index in [2.05, 4.69) is 10.6 Å². The molecule has 3 N–H and O–H groups in total. The first-order chi connectivity index (χ1) is 14.5. The Bertz CT molecular complexity index is 980. The summed E-state index contributed by atoms with van der Waals surface area (Å²) in [5, 5.41) is 6.77. The highest BCUT2D eigenvalue weighted by Crippen LogP contribution is 2.38. The van der Waals surface area contributed by atoms with Crippen LogP contribution in [-0.2, 0) is 15.7 Å². The van der Waals surface area contributed by atoms with E-state index in [0.717, 1.165) is 12.1 Å². The average Bonchev–Trinajstić information content (AvgIpc) is 2.66. The van der Waals surface area contributed by atoms with Gasteiger partial charge in [0.25, 0.3) is 5.91 Å². The number of para-hydroxylation sites is 2. The number of nitrogens with one attached hydrogen (secondary N) is 3. The number of ether oxygens (including phenoxy) is 1. The summed E-state index contributed by atoms with van der Waals surface area (Å²) in [6.07, 6.45) is -4.74. The summed E-state index contributed by atoms with van der Waals surface area (Å²) >= 11 is 5.77. The number of esters is 1. The maximum atomic E-state index is 13.1. The molecule has 0 spiro atoms. The van der Waals surface area contributed by atoms with Gasteiger partial charge < -0.3 is 20.7 Å². The predicted molar refractivity (Wildman–Crippen MR) is 109 cm³/mol. The van der Waals surface area contributed by atoms with Gasteiger partial charge in [-0.3, -0.25) is 4.79 Å². The number of alkyl halides is 3. The first-order valence-electron chi connectivity index (χ1n) is 8.98. The van der Waals surface area contributed by atoms with Crippen LogP contribution in [0.15, 0.2) is 42.5 Å². The number of amides is 3. The zero-order valence-electron chi connectivity index (χ0n) is 16.5. The minimum absolute atomic E-state index is 0.0390. The minimum atomic E-state index is -4.74. The molecule has 2 aromatic carbocycles. The van der Waals surface area contributed by atoms with Crippen molar-refractivity contribution >= 4 is 40.9 Å². The SMILES string of the molecule is CC(C)NC(=O)Nc1ccccc1C(=O)OCC(=O)Nc1c(Cl)cccc1C(F)(F)F. The summed E-state index contributed by atoms with van der Waals surface area (Å²) in [7, 11) is 0. The van der Waals surface area contributed by atoms with Crippen LogP contribution in [-0.4, -0.2) is 30.6 Å². The lowest BCUT2D eigenvalue weighted by atomic mass is 10.1. The number of hydrogen-bond donors (Lipinski definition) is 3. The normalized spacial score (nSPS) is 11.1. The molecule has 11 heteroatoms. The van der Waals surface area contributed by atoms with Gasteiger partial charge in [-0.15, -0.1) is 0 Å². The highest BCUT2D eigenvalue weighted by atomic mass is 35.5. The quantitative estimate of drug-likeness (QED) is 0.548. The summed E-state index contributed by atoms with van der Waals surface area (Å²) in [5.41, 5.74) is -1.67. The van der Waals surface area contributed by atoms with Crippen molar-refractivity contribution < 1.29 is 32.3 Å². The highest BCUT2D eigenvalue weighted by Gasteiger charge is 2.34. The summed E-state index contributed by atoms with van der Waals surface area (Å²) < 4.78 is 44.2. The molecule has 0 aliphatic carbocycles. The van der Waals surface area contributed by atoms with E-state index in [4.69, 9.17) is 16.3 Å². The highest BCUT2D eigenvalue weighted by molar-refractivity contribution is 6.34. The van der Waals surface area contributed by atoms with Gasteiger partial charge in [0.1, 0.15) is 0 Å². The molecule has 2 aromatic rings. The number of benzene rings is 2. The van der Waals surface area contributed by atoms with Gasteiger partial charge in [-0.2, -0.15) is 13.2 Å². The van der Waals surface area contributed by atoms with Crippen molar-refractivity contribution in [3.63, 3.8) is 0 Å². The lowest BCUT2D eigenvalue weighted by molar-refractivity contribution is -0.137. The Labute approximate surface area is 180 Å². The standard InChI is InChI=1S/C20H19ClF3N3O4/c1-11(2)25-19(30)26-15-9-4-3-6-12(15)18(29)31-10-16(28)27-17-13(20(22,23)24)7-5-8-14(17)21/h3-9,11H,10H2,1-2H3,(H,27,28)(H2,25,26,30). The van der Waals surface area contributed by atoms with E-state index in [9.17, 15) is 27.6 Å². The van der Waals surface area contributed by atoms with E-state index < -0.39 is 41.9 Å². The van der Waals surface area contributed by atoms with Gasteiger partial charge in [0, 0.05) is 6.04 Å². The lowest BCUT2D eigenvalue weighted by Crippen LogP contribution is -2.34. The summed E-state index contributed by atoms with van der Waals surface area (Å²) in [4.78, 5) is 36.3. The van der Waals surface area contributed by atoms with Gasteiger partial charge in [-0.05, 0) is 38.1 Å². The van der Waals surface area contributed by atoms with Crippen molar-refractivity contribution in [1.29, 1.82) is 0 Å². The van der Waals surface area contributed by atoms with Crippen molar-refractivity contribution in [1.82, 2.24) is 5.32 Å². The molecule has 0 atom stereocenters. The second-order valence-corrected chi connectivity index (χ2v) is 6.99. The lowest BCUT2D eigenvalue weighted by Gasteiger charge is -2.15. The van der Waals surface area contributed by atoms with Gasteiger partial charge in [0.15, 0.2) is 6.61 Å². The fourth-order valence-corrected chi connectivity index (χ4v) is 2.68. The second-order valence-electron chi connectivity index (χ2n) is 6.58. The molecule has 31 heavy (non-hydrogen) atoms. The molecule has 166 valence electrons. The van der Waals surface area contributed by atoms with Crippen molar-refractivity contribution in [2.45, 2.75) is 26.1 Å². The fraction of sp³-hybridized carbons (Fsp3) is 0.250. The van der Waals surface area contributed by atoms with Crippen LogP contribution in [0.2, 0.25) is 5.02 Å². The number of rotatable bonds is 6. The van der Waals surface area contributed by atoms with Crippen molar-refractivity contribution in [2.75, 3.05) is 17.2 Å². The van der Waals surface area contributed by atoms with E-state index in [1.54, 1.807) is 19.9 Å². The maximum absolute atomic E-state index is 13.1. The Kier molecular flexibility index (Phi) is 7.87. The predicted octanol–water partition coefficient (Wildman–Crippen LogP) is 4.68. The average molecular weight is 458 g/mol. The fourth-order valence-electron chi connectivity index (χ4n) is 2.46. The van der Waals surface area contributed by atoms with Crippen molar-refractivity contribution in [3.05, 3.63) is 58.6 Å². The van der Waals surface area contributed by atoms with Gasteiger partial charge in [0.05, 0.1) is 27.5 Å². The molecular weight excluding hydrogens is 439 g/mol. The van der Waals surface area contributed by atoms with E-state index in [1.165, 1.54) is 24.3 Å². The smallest absolute Gasteiger partial charge is 0.418 e.